The molecule has 130 valence electrons. The second kappa shape index (κ2) is 7.44. The second-order valence-electron chi connectivity index (χ2n) is 6.41. The Balaban J connectivity index is 1.62. The van der Waals surface area contributed by atoms with Crippen LogP contribution in [-0.2, 0) is 4.79 Å². The summed E-state index contributed by atoms with van der Waals surface area (Å²) >= 11 is 0. The van der Waals surface area contributed by atoms with Crippen molar-refractivity contribution in [2.24, 2.45) is 5.92 Å². The van der Waals surface area contributed by atoms with E-state index in [1.165, 1.54) is 30.5 Å². The van der Waals surface area contributed by atoms with Gasteiger partial charge in [0.1, 0.15) is 0 Å². The highest BCUT2D eigenvalue weighted by molar-refractivity contribution is 5.94. The van der Waals surface area contributed by atoms with Crippen LogP contribution in [0.5, 0.6) is 0 Å². The Morgan fingerprint density at radius 1 is 1.12 bits per heavy atom. The molecule has 1 fully saturated rings. The molecule has 25 heavy (non-hydrogen) atoms. The minimum absolute atomic E-state index is 0.00190. The average molecular weight is 339 g/mol. The van der Waals surface area contributed by atoms with E-state index in [4.69, 9.17) is 0 Å². The second-order valence-corrected chi connectivity index (χ2v) is 6.41. The van der Waals surface area contributed by atoms with E-state index in [0.29, 0.717) is 11.6 Å². The van der Waals surface area contributed by atoms with E-state index in [2.05, 4.69) is 22.8 Å². The van der Waals surface area contributed by atoms with Crippen molar-refractivity contribution in [1.82, 2.24) is 5.32 Å². The van der Waals surface area contributed by atoms with Crippen molar-refractivity contribution in [2.75, 3.05) is 5.32 Å². The lowest BCUT2D eigenvalue weighted by molar-refractivity contribution is -0.384. The fourth-order valence-electron chi connectivity index (χ4n) is 2.86. The Labute approximate surface area is 146 Å². The van der Waals surface area contributed by atoms with Crippen LogP contribution in [0.4, 0.5) is 11.4 Å². The highest BCUT2D eigenvalue weighted by Gasteiger charge is 2.33. The van der Waals surface area contributed by atoms with Crippen molar-refractivity contribution in [1.29, 1.82) is 0 Å². The Bertz CT molecular complexity index is 742. The van der Waals surface area contributed by atoms with Crippen LogP contribution in [0.3, 0.4) is 0 Å². The first kappa shape index (κ1) is 17.1. The zero-order chi connectivity index (χ0) is 17.8. The fourth-order valence-corrected chi connectivity index (χ4v) is 2.86. The molecule has 2 atom stereocenters. The van der Waals surface area contributed by atoms with Gasteiger partial charge in [-0.05, 0) is 43.4 Å². The predicted octanol–water partition coefficient (Wildman–Crippen LogP) is 3.66. The molecule has 0 aromatic heterocycles. The number of nitrogens with zero attached hydrogens (tertiary/aromatic N) is 1. The molecule has 1 amide bonds. The van der Waals surface area contributed by atoms with Gasteiger partial charge >= 0.3 is 0 Å². The molecular formula is C19H21N3O3. The van der Waals surface area contributed by atoms with Gasteiger partial charge in [-0.25, -0.2) is 0 Å². The lowest BCUT2D eigenvalue weighted by atomic mass is 10.0. The number of benzene rings is 2. The largest absolute Gasteiger partial charge is 0.325 e. The molecule has 0 spiro atoms. The number of rotatable bonds is 7. The molecule has 0 bridgehead atoms. The minimum atomic E-state index is -0.462. The molecule has 1 aliphatic rings. The van der Waals surface area contributed by atoms with Crippen LogP contribution in [-0.4, -0.2) is 16.9 Å². The van der Waals surface area contributed by atoms with Crippen LogP contribution >= 0.6 is 0 Å². The van der Waals surface area contributed by atoms with Gasteiger partial charge in [0.05, 0.1) is 11.0 Å². The number of nitrogens with one attached hydrogen (secondary N) is 2. The van der Waals surface area contributed by atoms with Gasteiger partial charge in [0.25, 0.3) is 5.69 Å². The maximum atomic E-state index is 12.4. The maximum Gasteiger partial charge on any atom is 0.269 e. The van der Waals surface area contributed by atoms with Crippen LogP contribution in [0.2, 0.25) is 0 Å². The van der Waals surface area contributed by atoms with Crippen LogP contribution in [0.15, 0.2) is 54.6 Å². The third-order valence-electron chi connectivity index (χ3n) is 4.42. The van der Waals surface area contributed by atoms with E-state index in [9.17, 15) is 14.9 Å². The monoisotopic (exact) mass is 339 g/mol. The SMILES string of the molecule is C[C@H](N[C@H](c1ccccc1)C1CC1)C(=O)Nc1ccc([N+](=O)[O-])cc1. The highest BCUT2D eigenvalue weighted by atomic mass is 16.6. The molecule has 2 aromatic carbocycles. The number of nitro benzene ring substituents is 1. The van der Waals surface area contributed by atoms with Crippen molar-refractivity contribution < 1.29 is 9.72 Å². The highest BCUT2D eigenvalue weighted by Crippen LogP contribution is 2.41. The van der Waals surface area contributed by atoms with Gasteiger partial charge in [-0.3, -0.25) is 20.2 Å². The number of non-ortho nitro benzene ring substituents is 1. The smallest absolute Gasteiger partial charge is 0.269 e. The number of carbonyl (C=O) groups excluding carboxylic acids is 1. The van der Waals surface area contributed by atoms with E-state index in [1.54, 1.807) is 12.1 Å². The molecule has 0 saturated heterocycles. The number of hydrogen-bond donors (Lipinski definition) is 2. The normalized spacial score (nSPS) is 16.0. The van der Waals surface area contributed by atoms with Crippen molar-refractivity contribution in [3.63, 3.8) is 0 Å². The summed E-state index contributed by atoms with van der Waals surface area (Å²) in [6.45, 7) is 1.83. The quantitative estimate of drug-likeness (QED) is 0.595. The Morgan fingerprint density at radius 3 is 2.32 bits per heavy atom. The molecule has 0 aliphatic heterocycles. The van der Waals surface area contributed by atoms with Gasteiger partial charge in [-0.15, -0.1) is 0 Å². The lowest BCUT2D eigenvalue weighted by Crippen LogP contribution is -2.40. The Hall–Kier alpha value is -2.73. The predicted molar refractivity (Wildman–Crippen MR) is 96.2 cm³/mol. The van der Waals surface area contributed by atoms with Gasteiger partial charge in [0.15, 0.2) is 0 Å². The van der Waals surface area contributed by atoms with Crippen LogP contribution in [0, 0.1) is 16.0 Å². The van der Waals surface area contributed by atoms with Crippen molar-refractivity contribution >= 4 is 17.3 Å². The van der Waals surface area contributed by atoms with Crippen molar-refractivity contribution in [2.45, 2.75) is 31.8 Å². The van der Waals surface area contributed by atoms with Crippen molar-refractivity contribution in [3.05, 3.63) is 70.3 Å². The Morgan fingerprint density at radius 2 is 1.76 bits per heavy atom. The standard InChI is InChI=1S/C19H21N3O3/c1-13(19(23)21-16-9-11-17(12-10-16)22(24)25)20-18(15-7-8-15)14-5-3-2-4-6-14/h2-6,9-13,15,18,20H,7-8H2,1H3,(H,21,23)/t13-,18+/m0/s1. The number of carbonyl (C=O) groups is 1. The summed E-state index contributed by atoms with van der Waals surface area (Å²) in [6.07, 6.45) is 2.34. The first-order valence-corrected chi connectivity index (χ1v) is 8.41. The summed E-state index contributed by atoms with van der Waals surface area (Å²) in [5.74, 6) is 0.410. The molecule has 6 nitrogen and oxygen atoms in total. The Kier molecular flexibility index (Phi) is 5.09. The summed E-state index contributed by atoms with van der Waals surface area (Å²) in [5.41, 5.74) is 1.74. The van der Waals surface area contributed by atoms with Crippen molar-refractivity contribution in [3.8, 4) is 0 Å². The van der Waals surface area contributed by atoms with Crippen LogP contribution in [0.1, 0.15) is 31.4 Å². The van der Waals surface area contributed by atoms with E-state index >= 15 is 0 Å². The number of nitro groups is 1. The van der Waals surface area contributed by atoms with E-state index in [-0.39, 0.29) is 23.7 Å². The molecule has 2 N–H and O–H groups in total. The van der Waals surface area contributed by atoms with E-state index < -0.39 is 4.92 Å². The molecule has 2 aromatic rings. The van der Waals surface area contributed by atoms with E-state index in [0.717, 1.165) is 0 Å². The third kappa shape index (κ3) is 4.42. The fraction of sp³-hybridized carbons (Fsp3) is 0.316. The number of hydrogen-bond acceptors (Lipinski definition) is 4. The summed E-state index contributed by atoms with van der Waals surface area (Å²) in [5, 5.41) is 16.9. The molecule has 3 rings (SSSR count). The van der Waals surface area contributed by atoms with Gasteiger partial charge in [-0.1, -0.05) is 30.3 Å². The molecule has 6 heteroatoms. The maximum absolute atomic E-state index is 12.4. The zero-order valence-corrected chi connectivity index (χ0v) is 14.0. The molecule has 0 radical (unpaired) electrons. The first-order valence-electron chi connectivity index (χ1n) is 8.41. The molecule has 0 unspecified atom stereocenters. The van der Waals surface area contributed by atoms with Crippen LogP contribution in [0.25, 0.3) is 0 Å². The zero-order valence-electron chi connectivity index (χ0n) is 14.0. The topological polar surface area (TPSA) is 84.3 Å². The molecule has 1 saturated carbocycles. The van der Waals surface area contributed by atoms with Gasteiger partial charge < -0.3 is 5.32 Å². The minimum Gasteiger partial charge on any atom is -0.325 e. The average Bonchev–Trinajstić information content (AvgIpc) is 3.45. The third-order valence-corrected chi connectivity index (χ3v) is 4.42. The van der Waals surface area contributed by atoms with Crippen LogP contribution < -0.4 is 10.6 Å². The number of anilines is 1. The summed E-state index contributed by atoms with van der Waals surface area (Å²) in [4.78, 5) is 22.6. The summed E-state index contributed by atoms with van der Waals surface area (Å²) < 4.78 is 0. The molecular weight excluding hydrogens is 318 g/mol. The number of amides is 1. The molecule has 0 heterocycles. The first-order chi connectivity index (χ1) is 12.0. The van der Waals surface area contributed by atoms with Gasteiger partial charge in [0.2, 0.25) is 5.91 Å². The van der Waals surface area contributed by atoms with Gasteiger partial charge in [0, 0.05) is 23.9 Å². The van der Waals surface area contributed by atoms with Gasteiger partial charge in [-0.2, -0.15) is 0 Å². The van der Waals surface area contributed by atoms with E-state index in [1.807, 2.05) is 25.1 Å². The summed E-state index contributed by atoms with van der Waals surface area (Å²) in [7, 11) is 0. The lowest BCUT2D eigenvalue weighted by Gasteiger charge is -2.23. The molecule has 1 aliphatic carbocycles. The summed E-state index contributed by atoms with van der Waals surface area (Å²) in [6, 6.07) is 15.8.